The summed E-state index contributed by atoms with van der Waals surface area (Å²) < 4.78 is 16.0. The Morgan fingerprint density at radius 2 is 2.16 bits per heavy atom. The molecule has 0 saturated carbocycles. The van der Waals surface area contributed by atoms with Crippen LogP contribution >= 0.6 is 0 Å². The minimum absolute atomic E-state index is 0.261. The maximum absolute atomic E-state index is 5.66. The van der Waals surface area contributed by atoms with E-state index in [1.807, 2.05) is 25.2 Å². The Morgan fingerprint density at radius 3 is 2.79 bits per heavy atom. The van der Waals surface area contributed by atoms with Crippen molar-refractivity contribution < 1.29 is 14.0 Å². The van der Waals surface area contributed by atoms with Gasteiger partial charge in [-0.1, -0.05) is 11.2 Å². The van der Waals surface area contributed by atoms with E-state index in [0.717, 1.165) is 5.56 Å². The second-order valence-corrected chi connectivity index (χ2v) is 4.19. The van der Waals surface area contributed by atoms with Gasteiger partial charge < -0.3 is 19.3 Å². The number of aromatic nitrogens is 1. The molecule has 1 aromatic carbocycles. The summed E-state index contributed by atoms with van der Waals surface area (Å²) in [6.45, 7) is 2.42. The zero-order valence-electron chi connectivity index (χ0n) is 11.3. The Labute approximate surface area is 112 Å². The van der Waals surface area contributed by atoms with Gasteiger partial charge in [-0.15, -0.1) is 0 Å². The van der Waals surface area contributed by atoms with Gasteiger partial charge in [0, 0.05) is 12.1 Å². The van der Waals surface area contributed by atoms with Crippen molar-refractivity contribution in [1.29, 1.82) is 0 Å². The Kier molecular flexibility index (Phi) is 4.41. The van der Waals surface area contributed by atoms with E-state index in [4.69, 9.17) is 14.0 Å². The highest BCUT2D eigenvalue weighted by Crippen LogP contribution is 2.30. The molecule has 1 atom stereocenters. The molecule has 5 heteroatoms. The molecule has 1 N–H and O–H groups in total. The summed E-state index contributed by atoms with van der Waals surface area (Å²) in [6, 6.07) is 7.91. The highest BCUT2D eigenvalue weighted by atomic mass is 16.5. The van der Waals surface area contributed by atoms with Gasteiger partial charge in [0.2, 0.25) is 0 Å². The SMILES string of the molecule is CNC(C)c1ccc(OCc2ccno2)c(OC)c1. The number of ether oxygens (including phenoxy) is 2. The van der Waals surface area contributed by atoms with Crippen molar-refractivity contribution in [3.8, 4) is 11.5 Å². The molecule has 19 heavy (non-hydrogen) atoms. The third-order valence-electron chi connectivity index (χ3n) is 2.98. The van der Waals surface area contributed by atoms with Crippen molar-refractivity contribution >= 4 is 0 Å². The average Bonchev–Trinajstić information content (AvgIpc) is 2.97. The Hall–Kier alpha value is -2.01. The molecule has 0 aliphatic heterocycles. The smallest absolute Gasteiger partial charge is 0.174 e. The molecule has 5 nitrogen and oxygen atoms in total. The van der Waals surface area contributed by atoms with E-state index in [1.54, 1.807) is 19.4 Å². The molecular formula is C14H18N2O3. The van der Waals surface area contributed by atoms with Gasteiger partial charge in [0.05, 0.1) is 13.3 Å². The minimum atomic E-state index is 0.261. The number of benzene rings is 1. The first-order valence-electron chi connectivity index (χ1n) is 6.12. The molecule has 2 aromatic rings. The quantitative estimate of drug-likeness (QED) is 0.867. The van der Waals surface area contributed by atoms with E-state index in [-0.39, 0.29) is 6.04 Å². The lowest BCUT2D eigenvalue weighted by molar-refractivity contribution is 0.239. The summed E-state index contributed by atoms with van der Waals surface area (Å²) in [4.78, 5) is 0. The molecule has 0 aliphatic rings. The first-order chi connectivity index (χ1) is 9.24. The first-order valence-corrected chi connectivity index (χ1v) is 6.12. The van der Waals surface area contributed by atoms with E-state index >= 15 is 0 Å². The predicted molar refractivity (Wildman–Crippen MR) is 71.3 cm³/mol. The van der Waals surface area contributed by atoms with Gasteiger partial charge >= 0.3 is 0 Å². The van der Waals surface area contributed by atoms with E-state index in [2.05, 4.69) is 17.4 Å². The van der Waals surface area contributed by atoms with Crippen LogP contribution in [0.5, 0.6) is 11.5 Å². The highest BCUT2D eigenvalue weighted by Gasteiger charge is 2.10. The third kappa shape index (κ3) is 3.26. The summed E-state index contributed by atoms with van der Waals surface area (Å²) in [6.07, 6.45) is 1.59. The fourth-order valence-corrected chi connectivity index (χ4v) is 1.70. The predicted octanol–water partition coefficient (Wildman–Crippen LogP) is 2.54. The maximum atomic E-state index is 5.66. The number of nitrogens with one attached hydrogen (secondary N) is 1. The van der Waals surface area contributed by atoms with Crippen molar-refractivity contribution in [2.24, 2.45) is 0 Å². The van der Waals surface area contributed by atoms with Crippen LogP contribution in [0, 0.1) is 0 Å². The molecule has 0 radical (unpaired) electrons. The zero-order valence-corrected chi connectivity index (χ0v) is 11.3. The first kappa shape index (κ1) is 13.4. The van der Waals surface area contributed by atoms with Crippen LogP contribution in [0.2, 0.25) is 0 Å². The van der Waals surface area contributed by atoms with Crippen LogP contribution in [-0.2, 0) is 6.61 Å². The maximum Gasteiger partial charge on any atom is 0.174 e. The second-order valence-electron chi connectivity index (χ2n) is 4.19. The van der Waals surface area contributed by atoms with Crippen molar-refractivity contribution in [2.75, 3.05) is 14.2 Å². The van der Waals surface area contributed by atoms with Crippen LogP contribution in [0.15, 0.2) is 35.0 Å². The topological polar surface area (TPSA) is 56.5 Å². The summed E-state index contributed by atoms with van der Waals surface area (Å²) in [5, 5.41) is 6.82. The van der Waals surface area contributed by atoms with Crippen molar-refractivity contribution in [3.63, 3.8) is 0 Å². The summed E-state index contributed by atoms with van der Waals surface area (Å²) >= 11 is 0. The monoisotopic (exact) mass is 262 g/mol. The van der Waals surface area contributed by atoms with Gasteiger partial charge in [0.25, 0.3) is 0 Å². The van der Waals surface area contributed by atoms with E-state index in [1.165, 1.54) is 0 Å². The third-order valence-corrected chi connectivity index (χ3v) is 2.98. The van der Waals surface area contributed by atoms with Gasteiger partial charge in [-0.2, -0.15) is 0 Å². The van der Waals surface area contributed by atoms with Gasteiger partial charge in [-0.05, 0) is 31.7 Å². The zero-order chi connectivity index (χ0) is 13.7. The van der Waals surface area contributed by atoms with Crippen LogP contribution in [0.3, 0.4) is 0 Å². The Balaban J connectivity index is 2.11. The van der Waals surface area contributed by atoms with Crippen LogP contribution in [0.1, 0.15) is 24.3 Å². The van der Waals surface area contributed by atoms with Gasteiger partial charge in [0.1, 0.15) is 6.61 Å². The molecule has 1 heterocycles. The van der Waals surface area contributed by atoms with E-state index < -0.39 is 0 Å². The lowest BCUT2D eigenvalue weighted by Gasteiger charge is -2.14. The molecule has 0 saturated heterocycles. The Bertz CT molecular complexity index is 511. The molecular weight excluding hydrogens is 244 g/mol. The summed E-state index contributed by atoms with van der Waals surface area (Å²) in [5.74, 6) is 2.07. The van der Waals surface area contributed by atoms with E-state index in [0.29, 0.717) is 23.9 Å². The molecule has 102 valence electrons. The second kappa shape index (κ2) is 6.24. The standard InChI is InChI=1S/C14H18N2O3/c1-10(15-2)11-4-5-13(14(8-11)17-3)18-9-12-6-7-16-19-12/h4-8,10,15H,9H2,1-3H3. The largest absolute Gasteiger partial charge is 0.493 e. The molecule has 1 aromatic heterocycles. The van der Waals surface area contributed by atoms with Crippen LogP contribution < -0.4 is 14.8 Å². The average molecular weight is 262 g/mol. The van der Waals surface area contributed by atoms with Crippen molar-refractivity contribution in [2.45, 2.75) is 19.6 Å². The molecule has 0 aliphatic carbocycles. The molecule has 2 rings (SSSR count). The van der Waals surface area contributed by atoms with Crippen LogP contribution in [0.4, 0.5) is 0 Å². The Morgan fingerprint density at radius 1 is 1.32 bits per heavy atom. The lowest BCUT2D eigenvalue weighted by Crippen LogP contribution is -2.12. The number of hydrogen-bond donors (Lipinski definition) is 1. The van der Waals surface area contributed by atoms with Gasteiger partial charge in [-0.3, -0.25) is 0 Å². The van der Waals surface area contributed by atoms with Crippen molar-refractivity contribution in [3.05, 3.63) is 41.8 Å². The molecule has 0 amide bonds. The summed E-state index contributed by atoms with van der Waals surface area (Å²) in [5.41, 5.74) is 1.14. The molecule has 0 fully saturated rings. The minimum Gasteiger partial charge on any atom is -0.493 e. The molecule has 0 spiro atoms. The normalized spacial score (nSPS) is 12.2. The summed E-state index contributed by atoms with van der Waals surface area (Å²) in [7, 11) is 3.55. The van der Waals surface area contributed by atoms with Gasteiger partial charge in [0.15, 0.2) is 17.3 Å². The van der Waals surface area contributed by atoms with Crippen LogP contribution in [0.25, 0.3) is 0 Å². The molecule has 1 unspecified atom stereocenters. The fraction of sp³-hybridized carbons (Fsp3) is 0.357. The number of methoxy groups -OCH3 is 1. The lowest BCUT2D eigenvalue weighted by atomic mass is 10.1. The highest BCUT2D eigenvalue weighted by molar-refractivity contribution is 5.43. The molecule has 0 bridgehead atoms. The van der Waals surface area contributed by atoms with Crippen LogP contribution in [-0.4, -0.2) is 19.3 Å². The number of rotatable bonds is 6. The number of hydrogen-bond acceptors (Lipinski definition) is 5. The van der Waals surface area contributed by atoms with Gasteiger partial charge in [-0.25, -0.2) is 0 Å². The van der Waals surface area contributed by atoms with E-state index in [9.17, 15) is 0 Å². The number of nitrogens with zero attached hydrogens (tertiary/aromatic N) is 1. The fourth-order valence-electron chi connectivity index (χ4n) is 1.70. The van der Waals surface area contributed by atoms with Crippen molar-refractivity contribution in [1.82, 2.24) is 10.5 Å².